The molecule has 2 aromatic heterocycles. The molecule has 0 aliphatic rings. The zero-order chi connectivity index (χ0) is 14.9. The molecular formula is C13H18N4O2S. The van der Waals surface area contributed by atoms with Crippen LogP contribution in [-0.4, -0.2) is 20.7 Å². The zero-order valence-electron chi connectivity index (χ0n) is 12.0. The standard InChI is InChI=1S/C13H18N4O2S/c1-7(2)12-8(3)20-11(15-12)6-14-13(19)9-5-10(18)16-17(9)4/h5,7H,6H2,1-4H3,(H,14,19)(H,16,18). The lowest BCUT2D eigenvalue weighted by Crippen LogP contribution is -2.25. The van der Waals surface area contributed by atoms with Gasteiger partial charge in [0, 0.05) is 18.0 Å². The summed E-state index contributed by atoms with van der Waals surface area (Å²) in [4.78, 5) is 28.8. The van der Waals surface area contributed by atoms with E-state index in [1.807, 2.05) is 6.92 Å². The summed E-state index contributed by atoms with van der Waals surface area (Å²) in [5.41, 5.74) is 1.10. The van der Waals surface area contributed by atoms with Crippen molar-refractivity contribution < 1.29 is 4.79 Å². The molecule has 2 rings (SSSR count). The number of thiazole rings is 1. The van der Waals surface area contributed by atoms with Gasteiger partial charge in [0.05, 0.1) is 12.2 Å². The summed E-state index contributed by atoms with van der Waals surface area (Å²) in [5, 5.41) is 6.16. The molecule has 2 heterocycles. The van der Waals surface area contributed by atoms with Crippen LogP contribution in [0.2, 0.25) is 0 Å². The largest absolute Gasteiger partial charge is 0.344 e. The van der Waals surface area contributed by atoms with Crippen molar-refractivity contribution in [2.24, 2.45) is 7.05 Å². The van der Waals surface area contributed by atoms with E-state index < -0.39 is 0 Å². The van der Waals surface area contributed by atoms with E-state index in [1.54, 1.807) is 18.4 Å². The van der Waals surface area contributed by atoms with Crippen molar-refractivity contribution in [3.8, 4) is 0 Å². The Labute approximate surface area is 120 Å². The molecule has 1 amide bonds. The van der Waals surface area contributed by atoms with Crippen LogP contribution >= 0.6 is 11.3 Å². The van der Waals surface area contributed by atoms with Crippen molar-refractivity contribution in [3.63, 3.8) is 0 Å². The van der Waals surface area contributed by atoms with Crippen LogP contribution in [0.5, 0.6) is 0 Å². The number of carbonyl (C=O) groups excluding carboxylic acids is 1. The van der Waals surface area contributed by atoms with Gasteiger partial charge in [0.2, 0.25) is 0 Å². The van der Waals surface area contributed by atoms with Crippen molar-refractivity contribution >= 4 is 17.2 Å². The van der Waals surface area contributed by atoms with Crippen LogP contribution in [0, 0.1) is 6.92 Å². The summed E-state index contributed by atoms with van der Waals surface area (Å²) in [7, 11) is 1.63. The maximum absolute atomic E-state index is 12.0. The highest BCUT2D eigenvalue weighted by Gasteiger charge is 2.14. The van der Waals surface area contributed by atoms with Gasteiger partial charge in [-0.25, -0.2) is 4.98 Å². The van der Waals surface area contributed by atoms with E-state index >= 15 is 0 Å². The maximum atomic E-state index is 12.0. The number of aromatic nitrogens is 3. The number of carbonyl (C=O) groups is 1. The Morgan fingerprint density at radius 3 is 2.75 bits per heavy atom. The molecule has 0 saturated heterocycles. The number of rotatable bonds is 4. The van der Waals surface area contributed by atoms with Gasteiger partial charge in [0.25, 0.3) is 11.5 Å². The number of amides is 1. The van der Waals surface area contributed by atoms with Crippen molar-refractivity contribution in [3.05, 3.63) is 37.7 Å². The Hall–Kier alpha value is -1.89. The molecule has 6 nitrogen and oxygen atoms in total. The second kappa shape index (κ2) is 5.62. The number of aryl methyl sites for hydroxylation is 2. The third kappa shape index (κ3) is 2.98. The van der Waals surface area contributed by atoms with Crippen molar-refractivity contribution in [2.45, 2.75) is 33.2 Å². The number of hydrogen-bond donors (Lipinski definition) is 2. The van der Waals surface area contributed by atoms with Gasteiger partial charge in [0.15, 0.2) is 0 Å². The lowest BCUT2D eigenvalue weighted by molar-refractivity contribution is 0.0941. The van der Waals surface area contributed by atoms with Gasteiger partial charge in [0.1, 0.15) is 10.7 Å². The lowest BCUT2D eigenvalue weighted by atomic mass is 10.1. The fraction of sp³-hybridized carbons (Fsp3) is 0.462. The first-order chi connectivity index (χ1) is 9.38. The highest BCUT2D eigenvalue weighted by Crippen LogP contribution is 2.23. The molecule has 0 bridgehead atoms. The number of nitrogens with one attached hydrogen (secondary N) is 2. The van der Waals surface area contributed by atoms with Gasteiger partial charge >= 0.3 is 0 Å². The summed E-state index contributed by atoms with van der Waals surface area (Å²) in [6.07, 6.45) is 0. The molecule has 0 unspecified atom stereocenters. The van der Waals surface area contributed by atoms with E-state index in [0.717, 1.165) is 10.7 Å². The number of aromatic amines is 1. The SMILES string of the molecule is Cc1sc(CNC(=O)c2cc(=O)[nH]n2C)nc1C(C)C. The maximum Gasteiger partial charge on any atom is 0.269 e. The lowest BCUT2D eigenvalue weighted by Gasteiger charge is -2.03. The minimum Gasteiger partial charge on any atom is -0.344 e. The monoisotopic (exact) mass is 294 g/mol. The average molecular weight is 294 g/mol. The molecule has 0 saturated carbocycles. The molecule has 0 fully saturated rings. The summed E-state index contributed by atoms with van der Waals surface area (Å²) in [6.45, 7) is 6.60. The van der Waals surface area contributed by atoms with E-state index in [9.17, 15) is 9.59 Å². The molecule has 0 aliphatic heterocycles. The molecule has 0 spiro atoms. The third-order valence-corrected chi connectivity index (χ3v) is 3.95. The highest BCUT2D eigenvalue weighted by molar-refractivity contribution is 7.11. The summed E-state index contributed by atoms with van der Waals surface area (Å²) < 4.78 is 1.41. The molecule has 2 N–H and O–H groups in total. The van der Waals surface area contributed by atoms with Gasteiger partial charge in [-0.05, 0) is 12.8 Å². The van der Waals surface area contributed by atoms with Gasteiger partial charge in [-0.3, -0.25) is 19.4 Å². The normalized spacial score (nSPS) is 11.1. The van der Waals surface area contributed by atoms with Gasteiger partial charge in [-0.1, -0.05) is 13.8 Å². The van der Waals surface area contributed by atoms with Crippen molar-refractivity contribution in [1.29, 1.82) is 0 Å². The zero-order valence-corrected chi connectivity index (χ0v) is 12.8. The van der Waals surface area contributed by atoms with E-state index in [4.69, 9.17) is 0 Å². The first-order valence-corrected chi connectivity index (χ1v) is 7.20. The fourth-order valence-electron chi connectivity index (χ4n) is 2.02. The quantitative estimate of drug-likeness (QED) is 0.897. The molecule has 0 atom stereocenters. The van der Waals surface area contributed by atoms with Crippen LogP contribution in [0.4, 0.5) is 0 Å². The Morgan fingerprint density at radius 2 is 2.25 bits per heavy atom. The second-order valence-corrected chi connectivity index (χ2v) is 6.24. The first kappa shape index (κ1) is 14.5. The van der Waals surface area contributed by atoms with E-state index in [0.29, 0.717) is 18.2 Å². The Bertz CT molecular complexity index is 681. The van der Waals surface area contributed by atoms with Crippen molar-refractivity contribution in [2.75, 3.05) is 0 Å². The number of H-pyrrole nitrogens is 1. The molecule has 7 heteroatoms. The van der Waals surface area contributed by atoms with Crippen LogP contribution in [0.1, 0.15) is 45.8 Å². The average Bonchev–Trinajstić information content (AvgIpc) is 2.89. The molecule has 0 aliphatic carbocycles. The van der Waals surface area contributed by atoms with Gasteiger partial charge in [-0.2, -0.15) is 0 Å². The molecule has 0 radical (unpaired) electrons. The van der Waals surface area contributed by atoms with Gasteiger partial charge < -0.3 is 5.32 Å². The highest BCUT2D eigenvalue weighted by atomic mass is 32.1. The fourth-order valence-corrected chi connectivity index (χ4v) is 3.05. The van der Waals surface area contributed by atoms with Crippen LogP contribution in [0.3, 0.4) is 0 Å². The van der Waals surface area contributed by atoms with Crippen LogP contribution in [0.25, 0.3) is 0 Å². The van der Waals surface area contributed by atoms with Crippen LogP contribution in [-0.2, 0) is 13.6 Å². The van der Waals surface area contributed by atoms with Crippen LogP contribution in [0.15, 0.2) is 10.9 Å². The molecule has 108 valence electrons. The van der Waals surface area contributed by atoms with Crippen molar-refractivity contribution in [1.82, 2.24) is 20.1 Å². The number of nitrogens with zero attached hydrogens (tertiary/aromatic N) is 2. The first-order valence-electron chi connectivity index (χ1n) is 6.39. The summed E-state index contributed by atoms with van der Waals surface area (Å²) >= 11 is 1.59. The predicted molar refractivity (Wildman–Crippen MR) is 78.1 cm³/mol. The smallest absolute Gasteiger partial charge is 0.269 e. The molecule has 0 aromatic carbocycles. The van der Waals surface area contributed by atoms with Crippen LogP contribution < -0.4 is 10.9 Å². The minimum absolute atomic E-state index is 0.287. The molecule has 20 heavy (non-hydrogen) atoms. The summed E-state index contributed by atoms with van der Waals surface area (Å²) in [5.74, 6) is 0.0889. The Balaban J connectivity index is 2.05. The van der Waals surface area contributed by atoms with E-state index in [-0.39, 0.29) is 11.5 Å². The number of hydrogen-bond acceptors (Lipinski definition) is 4. The Kier molecular flexibility index (Phi) is 4.08. The molecule has 2 aromatic rings. The predicted octanol–water partition coefficient (Wildman–Crippen LogP) is 1.53. The van der Waals surface area contributed by atoms with E-state index in [1.165, 1.54) is 15.6 Å². The minimum atomic E-state index is -0.287. The third-order valence-electron chi connectivity index (χ3n) is 2.96. The molecular weight excluding hydrogens is 276 g/mol. The summed E-state index contributed by atoms with van der Waals surface area (Å²) in [6, 6.07) is 1.28. The van der Waals surface area contributed by atoms with E-state index in [2.05, 4.69) is 29.2 Å². The topological polar surface area (TPSA) is 79.8 Å². The Morgan fingerprint density at radius 1 is 1.55 bits per heavy atom. The second-order valence-electron chi connectivity index (χ2n) is 4.95. The van der Waals surface area contributed by atoms with Gasteiger partial charge in [-0.15, -0.1) is 11.3 Å².